The molecule has 1 aromatic heterocycles. The Labute approximate surface area is 189 Å². The van der Waals surface area contributed by atoms with E-state index in [0.29, 0.717) is 25.3 Å². The van der Waals surface area contributed by atoms with Gasteiger partial charge in [0.1, 0.15) is 5.82 Å². The van der Waals surface area contributed by atoms with Gasteiger partial charge in [0.2, 0.25) is 5.91 Å². The smallest absolute Gasteiger partial charge is 0.224 e. The van der Waals surface area contributed by atoms with Gasteiger partial charge in [0, 0.05) is 30.9 Å². The van der Waals surface area contributed by atoms with E-state index in [1.807, 2.05) is 30.3 Å². The van der Waals surface area contributed by atoms with Crippen LogP contribution in [0.5, 0.6) is 0 Å². The molecule has 3 aromatic rings. The van der Waals surface area contributed by atoms with Crippen molar-refractivity contribution in [3.8, 4) is 0 Å². The lowest BCUT2D eigenvalue weighted by Gasteiger charge is -2.18. The monoisotopic (exact) mass is 432 g/mol. The molecule has 0 saturated heterocycles. The average molecular weight is 433 g/mol. The number of aliphatic hydroxyl groups excluding tert-OH is 1. The number of aromatic nitrogens is 1. The van der Waals surface area contributed by atoms with Crippen LogP contribution in [0.25, 0.3) is 0 Å². The van der Waals surface area contributed by atoms with E-state index in [1.54, 1.807) is 18.3 Å². The maximum atomic E-state index is 12.3. The number of aliphatic hydroxyl groups is 1. The van der Waals surface area contributed by atoms with Crippen LogP contribution in [0.15, 0.2) is 72.9 Å². The molecule has 2 aromatic carbocycles. The van der Waals surface area contributed by atoms with Gasteiger partial charge < -0.3 is 21.5 Å². The zero-order valence-corrected chi connectivity index (χ0v) is 18.5. The molecule has 0 aliphatic rings. The zero-order valence-electron chi connectivity index (χ0n) is 18.5. The molecule has 0 radical (unpaired) electrons. The minimum atomic E-state index is -0.642. The molecule has 0 aliphatic heterocycles. The Morgan fingerprint density at radius 1 is 1.03 bits per heavy atom. The first kappa shape index (κ1) is 23.4. The molecule has 5 N–H and O–H groups in total. The summed E-state index contributed by atoms with van der Waals surface area (Å²) in [5.74, 6) is 0.469. The number of pyridine rings is 1. The van der Waals surface area contributed by atoms with Crippen molar-refractivity contribution in [2.45, 2.75) is 38.3 Å². The third-order valence-electron chi connectivity index (χ3n) is 5.33. The van der Waals surface area contributed by atoms with Crippen molar-refractivity contribution in [3.63, 3.8) is 0 Å². The van der Waals surface area contributed by atoms with Crippen molar-refractivity contribution in [2.24, 2.45) is 0 Å². The second kappa shape index (κ2) is 12.0. The van der Waals surface area contributed by atoms with E-state index >= 15 is 0 Å². The van der Waals surface area contributed by atoms with Gasteiger partial charge in [-0.1, -0.05) is 60.7 Å². The number of nitrogens with zero attached hydrogens (tertiary/aromatic N) is 1. The van der Waals surface area contributed by atoms with Crippen LogP contribution in [0.1, 0.15) is 35.3 Å². The third kappa shape index (κ3) is 7.80. The Kier molecular flexibility index (Phi) is 8.78. The molecule has 0 bridgehead atoms. The molecule has 3 rings (SSSR count). The van der Waals surface area contributed by atoms with Crippen molar-refractivity contribution in [1.29, 1.82) is 0 Å². The highest BCUT2D eigenvalue weighted by Crippen LogP contribution is 2.13. The van der Waals surface area contributed by atoms with Crippen molar-refractivity contribution >= 4 is 11.7 Å². The number of carbonyl (C=O) groups is 1. The van der Waals surface area contributed by atoms with Gasteiger partial charge in [-0.3, -0.25) is 4.79 Å². The number of benzene rings is 2. The zero-order chi connectivity index (χ0) is 22.8. The first-order valence-electron chi connectivity index (χ1n) is 11.0. The van der Waals surface area contributed by atoms with E-state index < -0.39 is 6.10 Å². The lowest BCUT2D eigenvalue weighted by Crippen LogP contribution is -2.32. The second-order valence-electron chi connectivity index (χ2n) is 8.13. The quantitative estimate of drug-likeness (QED) is 0.373. The number of nitrogens with two attached hydrogens (primary N) is 1. The number of carbonyl (C=O) groups excluding carboxylic acids is 1. The largest absolute Gasteiger partial charge is 0.387 e. The van der Waals surface area contributed by atoms with Gasteiger partial charge in [-0.2, -0.15) is 0 Å². The van der Waals surface area contributed by atoms with Gasteiger partial charge in [-0.25, -0.2) is 4.98 Å². The van der Waals surface area contributed by atoms with E-state index in [2.05, 4.69) is 46.8 Å². The molecule has 168 valence electrons. The minimum Gasteiger partial charge on any atom is -0.387 e. The van der Waals surface area contributed by atoms with Crippen LogP contribution < -0.4 is 16.4 Å². The Bertz CT molecular complexity index is 977. The van der Waals surface area contributed by atoms with E-state index in [4.69, 9.17) is 5.73 Å². The van der Waals surface area contributed by atoms with E-state index in [1.165, 1.54) is 5.56 Å². The molecular formula is C26H32N4O2. The Hall–Kier alpha value is -3.22. The first-order chi connectivity index (χ1) is 15.5. The number of nitrogens with one attached hydrogen (secondary N) is 2. The van der Waals surface area contributed by atoms with Gasteiger partial charge in [-0.15, -0.1) is 0 Å². The summed E-state index contributed by atoms with van der Waals surface area (Å²) in [6, 6.07) is 21.9. The lowest BCUT2D eigenvalue weighted by atomic mass is 10.0. The minimum absolute atomic E-state index is 0.0319. The maximum absolute atomic E-state index is 12.3. The fraction of sp³-hybridized carbons (Fsp3) is 0.308. The lowest BCUT2D eigenvalue weighted by molar-refractivity contribution is -0.120. The molecule has 0 unspecified atom stereocenters. The highest BCUT2D eigenvalue weighted by molar-refractivity contribution is 5.78. The van der Waals surface area contributed by atoms with Gasteiger partial charge in [-0.05, 0) is 42.5 Å². The van der Waals surface area contributed by atoms with Gasteiger partial charge in [0.25, 0.3) is 0 Å². The van der Waals surface area contributed by atoms with Crippen LogP contribution in [0.4, 0.5) is 5.82 Å². The Balaban J connectivity index is 1.42. The third-order valence-corrected chi connectivity index (χ3v) is 5.33. The van der Waals surface area contributed by atoms with Crippen molar-refractivity contribution in [1.82, 2.24) is 15.6 Å². The average Bonchev–Trinajstić information content (AvgIpc) is 2.79. The molecule has 0 aliphatic carbocycles. The van der Waals surface area contributed by atoms with Crippen LogP contribution in [0.2, 0.25) is 0 Å². The number of nitrogen functional groups attached to an aromatic ring is 1. The predicted molar refractivity (Wildman–Crippen MR) is 128 cm³/mol. The van der Waals surface area contributed by atoms with Gasteiger partial charge in [0.05, 0.1) is 12.5 Å². The van der Waals surface area contributed by atoms with Gasteiger partial charge >= 0.3 is 0 Å². The van der Waals surface area contributed by atoms with Crippen LogP contribution in [0.3, 0.4) is 0 Å². The van der Waals surface area contributed by atoms with Crippen LogP contribution >= 0.6 is 0 Å². The first-order valence-corrected chi connectivity index (χ1v) is 11.0. The molecule has 6 nitrogen and oxygen atoms in total. The summed E-state index contributed by atoms with van der Waals surface area (Å²) in [7, 11) is 0. The van der Waals surface area contributed by atoms with Crippen LogP contribution in [-0.4, -0.2) is 35.1 Å². The van der Waals surface area contributed by atoms with Gasteiger partial charge in [0.15, 0.2) is 0 Å². The molecule has 6 heteroatoms. The highest BCUT2D eigenvalue weighted by atomic mass is 16.3. The molecule has 0 spiro atoms. The van der Waals surface area contributed by atoms with E-state index in [0.717, 1.165) is 29.5 Å². The fourth-order valence-corrected chi connectivity index (χ4v) is 3.58. The molecule has 1 heterocycles. The summed E-state index contributed by atoms with van der Waals surface area (Å²) in [4.78, 5) is 16.3. The summed E-state index contributed by atoms with van der Waals surface area (Å²) in [5.41, 5.74) is 9.70. The maximum Gasteiger partial charge on any atom is 0.224 e. The summed E-state index contributed by atoms with van der Waals surface area (Å²) in [6.45, 7) is 3.14. The predicted octanol–water partition coefficient (Wildman–Crippen LogP) is 2.82. The summed E-state index contributed by atoms with van der Waals surface area (Å²) in [5, 5.41) is 16.7. The normalized spacial score (nSPS) is 12.8. The summed E-state index contributed by atoms with van der Waals surface area (Å²) >= 11 is 0. The topological polar surface area (TPSA) is 100 Å². The second-order valence-corrected chi connectivity index (χ2v) is 8.13. The SMILES string of the molecule is C[C@H](Cc1cccc(CC(=O)NCCc2ccccc2)c1)NC[C@@H](O)c1ccc(N)nc1. The van der Waals surface area contributed by atoms with Crippen molar-refractivity contribution in [3.05, 3.63) is 95.2 Å². The molecule has 1 amide bonds. The molecular weight excluding hydrogens is 400 g/mol. The number of hydrogen-bond acceptors (Lipinski definition) is 5. The number of amides is 1. The van der Waals surface area contributed by atoms with Crippen LogP contribution in [0, 0.1) is 0 Å². The number of anilines is 1. The number of rotatable bonds is 11. The van der Waals surface area contributed by atoms with Crippen molar-refractivity contribution < 1.29 is 9.90 Å². The fourth-order valence-electron chi connectivity index (χ4n) is 3.58. The molecule has 0 fully saturated rings. The standard InChI is InChI=1S/C26H32N4O2/c1-19(29-18-24(31)23-10-11-25(27)30-17-23)14-21-8-5-9-22(15-21)16-26(32)28-13-12-20-6-3-2-4-7-20/h2-11,15,17,19,24,29,31H,12-14,16,18H2,1H3,(H2,27,30)(H,28,32)/t19-,24-/m1/s1. The molecule has 32 heavy (non-hydrogen) atoms. The van der Waals surface area contributed by atoms with Crippen molar-refractivity contribution in [2.75, 3.05) is 18.8 Å². The number of hydrogen-bond donors (Lipinski definition) is 4. The Morgan fingerprint density at radius 3 is 2.53 bits per heavy atom. The van der Waals surface area contributed by atoms with Crippen LogP contribution in [-0.2, 0) is 24.1 Å². The van der Waals surface area contributed by atoms with E-state index in [-0.39, 0.29) is 11.9 Å². The van der Waals surface area contributed by atoms with E-state index in [9.17, 15) is 9.90 Å². The Morgan fingerprint density at radius 2 is 1.78 bits per heavy atom. The highest BCUT2D eigenvalue weighted by Gasteiger charge is 2.11. The summed E-state index contributed by atoms with van der Waals surface area (Å²) in [6.07, 6.45) is 2.95. The molecule has 2 atom stereocenters. The molecule has 0 saturated carbocycles. The summed E-state index contributed by atoms with van der Waals surface area (Å²) < 4.78 is 0.